The maximum Gasteiger partial charge on any atom is 0.271 e. The number of nitrogens with zero attached hydrogens (tertiary/aromatic N) is 2. The van der Waals surface area contributed by atoms with Crippen molar-refractivity contribution in [1.82, 2.24) is 9.97 Å². The summed E-state index contributed by atoms with van der Waals surface area (Å²) in [5, 5.41) is 15.8. The van der Waals surface area contributed by atoms with E-state index in [-0.39, 0.29) is 11.6 Å². The lowest BCUT2D eigenvalue weighted by atomic mass is 10.0. The van der Waals surface area contributed by atoms with Crippen molar-refractivity contribution >= 4 is 39.1 Å². The summed E-state index contributed by atoms with van der Waals surface area (Å²) in [6.45, 7) is 0. The predicted octanol–water partition coefficient (Wildman–Crippen LogP) is 5.54. The Morgan fingerprint density at radius 3 is 2.52 bits per heavy atom. The predicted molar refractivity (Wildman–Crippen MR) is 120 cm³/mol. The molecular formula is C24H16N4O3. The number of non-ortho nitro benzene ring substituents is 1. The van der Waals surface area contributed by atoms with Crippen LogP contribution in [0.5, 0.6) is 0 Å². The zero-order chi connectivity index (χ0) is 21.4. The third-order valence-electron chi connectivity index (χ3n) is 5.13. The van der Waals surface area contributed by atoms with Crippen LogP contribution in [0.15, 0.2) is 84.9 Å². The van der Waals surface area contributed by atoms with E-state index in [1.54, 1.807) is 24.3 Å². The normalized spacial score (nSPS) is 11.0. The van der Waals surface area contributed by atoms with Gasteiger partial charge in [-0.25, -0.2) is 4.98 Å². The second kappa shape index (κ2) is 7.38. The summed E-state index contributed by atoms with van der Waals surface area (Å²) >= 11 is 0. The number of nitro benzene ring substituents is 1. The zero-order valence-electron chi connectivity index (χ0n) is 16.2. The number of fused-ring (bicyclic) bond motifs is 2. The molecule has 0 spiro atoms. The number of anilines is 1. The summed E-state index contributed by atoms with van der Waals surface area (Å²) < 4.78 is 0. The van der Waals surface area contributed by atoms with E-state index in [0.29, 0.717) is 28.1 Å². The number of amides is 1. The smallest absolute Gasteiger partial charge is 0.271 e. The van der Waals surface area contributed by atoms with Gasteiger partial charge in [0.25, 0.3) is 11.6 Å². The highest BCUT2D eigenvalue weighted by Gasteiger charge is 2.12. The summed E-state index contributed by atoms with van der Waals surface area (Å²) in [4.78, 5) is 30.9. The Morgan fingerprint density at radius 2 is 1.71 bits per heavy atom. The van der Waals surface area contributed by atoms with Crippen LogP contribution >= 0.6 is 0 Å². The zero-order valence-corrected chi connectivity index (χ0v) is 16.2. The molecule has 0 aliphatic rings. The van der Waals surface area contributed by atoms with Gasteiger partial charge < -0.3 is 10.3 Å². The number of hydrogen-bond donors (Lipinski definition) is 2. The number of carbonyl (C=O) groups is 1. The molecule has 1 heterocycles. The summed E-state index contributed by atoms with van der Waals surface area (Å²) in [6.07, 6.45) is 0. The molecule has 0 saturated carbocycles. The van der Waals surface area contributed by atoms with Crippen LogP contribution in [0.2, 0.25) is 0 Å². The lowest BCUT2D eigenvalue weighted by Crippen LogP contribution is -2.12. The van der Waals surface area contributed by atoms with Gasteiger partial charge >= 0.3 is 0 Å². The minimum absolute atomic E-state index is 0.00852. The molecular weight excluding hydrogens is 392 g/mol. The number of imidazole rings is 1. The van der Waals surface area contributed by atoms with E-state index in [1.807, 2.05) is 48.5 Å². The largest absolute Gasteiger partial charge is 0.338 e. The van der Waals surface area contributed by atoms with Gasteiger partial charge in [0.2, 0.25) is 0 Å². The Labute approximate surface area is 176 Å². The topological polar surface area (TPSA) is 101 Å². The van der Waals surface area contributed by atoms with E-state index in [1.165, 1.54) is 12.1 Å². The standard InChI is InChI=1S/C24H16N4O3/c29-24(20-7-3-5-15-4-1-2-6-19(15)20)25-17-10-8-16(9-11-17)23-26-21-13-12-18(28(30)31)14-22(21)27-23/h1-14H,(H,25,29)(H,26,27). The molecule has 5 rings (SSSR count). The van der Waals surface area contributed by atoms with Gasteiger partial charge in [-0.05, 0) is 47.2 Å². The molecule has 1 aromatic heterocycles. The van der Waals surface area contributed by atoms with E-state index >= 15 is 0 Å². The Balaban J connectivity index is 1.39. The van der Waals surface area contributed by atoms with Crippen molar-refractivity contribution in [3.8, 4) is 11.4 Å². The van der Waals surface area contributed by atoms with E-state index in [2.05, 4.69) is 15.3 Å². The van der Waals surface area contributed by atoms with Gasteiger partial charge in [0.05, 0.1) is 16.0 Å². The van der Waals surface area contributed by atoms with Crippen molar-refractivity contribution in [1.29, 1.82) is 0 Å². The summed E-state index contributed by atoms with van der Waals surface area (Å²) in [5.74, 6) is 0.419. The monoisotopic (exact) mass is 408 g/mol. The van der Waals surface area contributed by atoms with Gasteiger partial charge in [-0.15, -0.1) is 0 Å². The second-order valence-corrected chi connectivity index (χ2v) is 7.10. The van der Waals surface area contributed by atoms with Gasteiger partial charge in [0, 0.05) is 28.9 Å². The molecule has 0 fully saturated rings. The molecule has 0 unspecified atom stereocenters. The number of nitro groups is 1. The minimum Gasteiger partial charge on any atom is -0.338 e. The number of carbonyl (C=O) groups excluding carboxylic acids is 1. The van der Waals surface area contributed by atoms with Crippen LogP contribution in [-0.2, 0) is 0 Å². The molecule has 5 aromatic rings. The molecule has 4 aromatic carbocycles. The number of H-pyrrole nitrogens is 1. The summed E-state index contributed by atoms with van der Waals surface area (Å²) in [5.41, 5.74) is 3.33. The van der Waals surface area contributed by atoms with E-state index < -0.39 is 4.92 Å². The van der Waals surface area contributed by atoms with Crippen molar-refractivity contribution in [2.75, 3.05) is 5.32 Å². The first-order valence-corrected chi connectivity index (χ1v) is 9.62. The van der Waals surface area contributed by atoms with Crippen LogP contribution in [-0.4, -0.2) is 20.8 Å². The van der Waals surface area contributed by atoms with Crippen molar-refractivity contribution < 1.29 is 9.72 Å². The fraction of sp³-hybridized carbons (Fsp3) is 0. The molecule has 7 nitrogen and oxygen atoms in total. The third-order valence-corrected chi connectivity index (χ3v) is 5.13. The quantitative estimate of drug-likeness (QED) is 0.301. The van der Waals surface area contributed by atoms with Crippen molar-refractivity contribution in [3.63, 3.8) is 0 Å². The van der Waals surface area contributed by atoms with Crippen LogP contribution in [0, 0.1) is 10.1 Å². The summed E-state index contributed by atoms with van der Waals surface area (Å²) in [7, 11) is 0. The molecule has 150 valence electrons. The lowest BCUT2D eigenvalue weighted by molar-refractivity contribution is -0.384. The van der Waals surface area contributed by atoms with Crippen molar-refractivity contribution in [2.45, 2.75) is 0 Å². The fourth-order valence-electron chi connectivity index (χ4n) is 3.58. The Morgan fingerprint density at radius 1 is 0.935 bits per heavy atom. The molecule has 31 heavy (non-hydrogen) atoms. The average molecular weight is 408 g/mol. The number of nitrogens with one attached hydrogen (secondary N) is 2. The van der Waals surface area contributed by atoms with Gasteiger partial charge in [-0.1, -0.05) is 36.4 Å². The van der Waals surface area contributed by atoms with Gasteiger partial charge in [0.15, 0.2) is 0 Å². The van der Waals surface area contributed by atoms with E-state index in [4.69, 9.17) is 0 Å². The van der Waals surface area contributed by atoms with E-state index in [0.717, 1.165) is 16.3 Å². The van der Waals surface area contributed by atoms with Crippen LogP contribution in [0.3, 0.4) is 0 Å². The lowest BCUT2D eigenvalue weighted by Gasteiger charge is -2.08. The minimum atomic E-state index is -0.437. The number of benzene rings is 4. The Hall–Kier alpha value is -4.52. The second-order valence-electron chi connectivity index (χ2n) is 7.10. The molecule has 7 heteroatoms. The van der Waals surface area contributed by atoms with Crippen molar-refractivity contribution in [2.24, 2.45) is 0 Å². The number of aromatic nitrogens is 2. The fourth-order valence-corrected chi connectivity index (χ4v) is 3.58. The third kappa shape index (κ3) is 3.49. The van der Waals surface area contributed by atoms with Crippen LogP contribution in [0.25, 0.3) is 33.2 Å². The molecule has 1 amide bonds. The van der Waals surface area contributed by atoms with Crippen molar-refractivity contribution in [3.05, 3.63) is 101 Å². The molecule has 0 radical (unpaired) electrons. The highest BCUT2D eigenvalue weighted by Crippen LogP contribution is 2.25. The average Bonchev–Trinajstić information content (AvgIpc) is 3.22. The van der Waals surface area contributed by atoms with Gasteiger partial charge in [0.1, 0.15) is 5.82 Å². The first-order chi connectivity index (χ1) is 15.1. The maximum atomic E-state index is 12.8. The van der Waals surface area contributed by atoms with Crippen LogP contribution in [0.1, 0.15) is 10.4 Å². The highest BCUT2D eigenvalue weighted by atomic mass is 16.6. The molecule has 0 bridgehead atoms. The number of rotatable bonds is 4. The molecule has 0 aliphatic heterocycles. The van der Waals surface area contributed by atoms with Gasteiger partial charge in [-0.3, -0.25) is 14.9 Å². The molecule has 0 saturated heterocycles. The molecule has 0 atom stereocenters. The summed E-state index contributed by atoms with van der Waals surface area (Å²) in [6, 6.07) is 25.2. The number of hydrogen-bond acceptors (Lipinski definition) is 4. The number of aromatic amines is 1. The highest BCUT2D eigenvalue weighted by molar-refractivity contribution is 6.12. The maximum absolute atomic E-state index is 12.8. The van der Waals surface area contributed by atoms with Gasteiger partial charge in [-0.2, -0.15) is 0 Å². The SMILES string of the molecule is O=C(Nc1ccc(-c2nc3ccc([N+](=O)[O-])cc3[nH]2)cc1)c1cccc2ccccc12. The van der Waals surface area contributed by atoms with Crippen LogP contribution < -0.4 is 5.32 Å². The van der Waals surface area contributed by atoms with E-state index in [9.17, 15) is 14.9 Å². The Kier molecular flexibility index (Phi) is 4.41. The molecule has 2 N–H and O–H groups in total. The Bertz CT molecular complexity index is 1450. The molecule has 0 aliphatic carbocycles. The van der Waals surface area contributed by atoms with Crippen LogP contribution in [0.4, 0.5) is 11.4 Å². The first-order valence-electron chi connectivity index (χ1n) is 9.62. The first kappa shape index (κ1) is 18.5.